The molecular weight excluding hydrogens is 402 g/mol. The summed E-state index contributed by atoms with van der Waals surface area (Å²) in [5.41, 5.74) is 3.43. The van der Waals surface area contributed by atoms with E-state index in [9.17, 15) is 4.79 Å². The number of rotatable bonds is 8. The lowest BCUT2D eigenvalue weighted by Crippen LogP contribution is -2.38. The lowest BCUT2D eigenvalue weighted by Gasteiger charge is -2.32. The molecule has 0 aliphatic carbocycles. The van der Waals surface area contributed by atoms with Gasteiger partial charge in [-0.1, -0.05) is 29.8 Å². The minimum absolute atomic E-state index is 0.175. The molecule has 0 unspecified atom stereocenters. The molecule has 2 aromatic carbocycles. The molecule has 1 aromatic heterocycles. The predicted octanol–water partition coefficient (Wildman–Crippen LogP) is 4.86. The maximum absolute atomic E-state index is 12.7. The van der Waals surface area contributed by atoms with Gasteiger partial charge >= 0.3 is 0 Å². The molecule has 6 heteroatoms. The van der Waals surface area contributed by atoms with E-state index in [0.717, 1.165) is 50.1 Å². The third kappa shape index (κ3) is 5.75. The van der Waals surface area contributed by atoms with Gasteiger partial charge in [-0.05, 0) is 68.4 Å². The summed E-state index contributed by atoms with van der Waals surface area (Å²) >= 11 is 0. The first-order valence-corrected chi connectivity index (χ1v) is 11.4. The molecule has 1 aliphatic heterocycles. The quantitative estimate of drug-likeness (QED) is 0.508. The number of benzene rings is 2. The van der Waals surface area contributed by atoms with Crippen molar-refractivity contribution in [3.63, 3.8) is 0 Å². The smallest absolute Gasteiger partial charge is 0.247 e. The summed E-state index contributed by atoms with van der Waals surface area (Å²) in [6, 6.07) is 16.3. The highest BCUT2D eigenvalue weighted by molar-refractivity contribution is 5.76. The molecule has 0 N–H and O–H groups in total. The first-order valence-electron chi connectivity index (χ1n) is 11.4. The second-order valence-corrected chi connectivity index (χ2v) is 8.58. The maximum Gasteiger partial charge on any atom is 0.247 e. The molecule has 2 heterocycles. The van der Waals surface area contributed by atoms with Crippen molar-refractivity contribution in [3.05, 3.63) is 65.5 Å². The lowest BCUT2D eigenvalue weighted by atomic mass is 9.90. The van der Waals surface area contributed by atoms with E-state index in [1.807, 2.05) is 48.2 Å². The molecule has 3 aromatic rings. The third-order valence-corrected chi connectivity index (χ3v) is 6.29. The second kappa shape index (κ2) is 10.4. The molecule has 1 saturated heterocycles. The summed E-state index contributed by atoms with van der Waals surface area (Å²) in [5, 5.41) is 8.24. The largest absolute Gasteiger partial charge is 0.497 e. The highest BCUT2D eigenvalue weighted by Gasteiger charge is 2.23. The van der Waals surface area contributed by atoms with Crippen LogP contribution in [0, 0.1) is 12.8 Å². The topological polar surface area (TPSA) is 68.5 Å². The van der Waals surface area contributed by atoms with Crippen LogP contribution in [-0.4, -0.2) is 41.2 Å². The molecule has 0 bridgehead atoms. The van der Waals surface area contributed by atoms with E-state index < -0.39 is 0 Å². The lowest BCUT2D eigenvalue weighted by molar-refractivity contribution is -0.132. The minimum Gasteiger partial charge on any atom is -0.497 e. The SMILES string of the molecule is COc1ccc(CCC2CCN(C(=O)CCc3nnc(-c4ccc(C)cc4)o3)CC2)cc1. The molecule has 168 valence electrons. The van der Waals surface area contributed by atoms with Crippen molar-refractivity contribution in [1.82, 2.24) is 15.1 Å². The molecular formula is C26H31N3O3. The normalized spacial score (nSPS) is 14.5. The molecule has 0 atom stereocenters. The first-order chi connectivity index (χ1) is 15.6. The van der Waals surface area contributed by atoms with Gasteiger partial charge in [0.15, 0.2) is 0 Å². The zero-order chi connectivity index (χ0) is 22.3. The number of ether oxygens (including phenoxy) is 1. The van der Waals surface area contributed by atoms with Gasteiger partial charge in [0.05, 0.1) is 7.11 Å². The summed E-state index contributed by atoms with van der Waals surface area (Å²) in [6.07, 6.45) is 5.27. The summed E-state index contributed by atoms with van der Waals surface area (Å²) in [6.45, 7) is 3.72. The summed E-state index contributed by atoms with van der Waals surface area (Å²) in [5.74, 6) is 2.77. The maximum atomic E-state index is 12.7. The van der Waals surface area contributed by atoms with E-state index in [1.165, 1.54) is 11.1 Å². The van der Waals surface area contributed by atoms with Crippen molar-refractivity contribution in [2.24, 2.45) is 5.92 Å². The van der Waals surface area contributed by atoms with Gasteiger partial charge < -0.3 is 14.1 Å². The molecule has 1 amide bonds. The standard InChI is InChI=1S/C26H31N3O3/c1-19-3-9-22(10-4-19)26-28-27-24(32-26)13-14-25(30)29-17-15-21(16-18-29)6-5-20-7-11-23(31-2)12-8-20/h3-4,7-12,21H,5-6,13-18H2,1-2H3. The van der Waals surface area contributed by atoms with Crippen molar-refractivity contribution in [2.45, 2.75) is 45.4 Å². The van der Waals surface area contributed by atoms with Crippen LogP contribution < -0.4 is 4.74 Å². The number of aryl methyl sites for hydroxylation is 3. The molecule has 1 aliphatic rings. The third-order valence-electron chi connectivity index (χ3n) is 6.29. The van der Waals surface area contributed by atoms with Gasteiger partial charge in [0.25, 0.3) is 0 Å². The Labute approximate surface area is 189 Å². The average molecular weight is 434 g/mol. The molecule has 4 rings (SSSR count). The molecule has 0 saturated carbocycles. The number of aromatic nitrogens is 2. The summed E-state index contributed by atoms with van der Waals surface area (Å²) in [7, 11) is 1.69. The zero-order valence-corrected chi connectivity index (χ0v) is 18.9. The Morgan fingerprint density at radius 2 is 1.75 bits per heavy atom. The van der Waals surface area contributed by atoms with Crippen molar-refractivity contribution in [3.8, 4) is 17.2 Å². The number of likely N-dealkylation sites (tertiary alicyclic amines) is 1. The van der Waals surface area contributed by atoms with Crippen LogP contribution in [0.2, 0.25) is 0 Å². The zero-order valence-electron chi connectivity index (χ0n) is 18.9. The van der Waals surface area contributed by atoms with E-state index in [-0.39, 0.29) is 5.91 Å². The Morgan fingerprint density at radius 3 is 2.44 bits per heavy atom. The van der Waals surface area contributed by atoms with Crippen LogP contribution in [0.3, 0.4) is 0 Å². The molecule has 6 nitrogen and oxygen atoms in total. The number of carbonyl (C=O) groups is 1. The number of carbonyl (C=O) groups excluding carboxylic acids is 1. The minimum atomic E-state index is 0.175. The average Bonchev–Trinajstić information content (AvgIpc) is 3.31. The van der Waals surface area contributed by atoms with Gasteiger partial charge in [0, 0.05) is 31.5 Å². The number of methoxy groups -OCH3 is 1. The summed E-state index contributed by atoms with van der Waals surface area (Å²) < 4.78 is 11.0. The van der Waals surface area contributed by atoms with Crippen LogP contribution in [0.1, 0.15) is 42.7 Å². The van der Waals surface area contributed by atoms with E-state index in [0.29, 0.717) is 30.5 Å². The Hall–Kier alpha value is -3.15. The number of piperidine rings is 1. The van der Waals surface area contributed by atoms with Crippen LogP contribution >= 0.6 is 0 Å². The van der Waals surface area contributed by atoms with Crippen LogP contribution in [-0.2, 0) is 17.6 Å². The fraction of sp³-hybridized carbons (Fsp3) is 0.423. The van der Waals surface area contributed by atoms with Crippen molar-refractivity contribution in [2.75, 3.05) is 20.2 Å². The fourth-order valence-corrected chi connectivity index (χ4v) is 4.17. The van der Waals surface area contributed by atoms with Crippen LogP contribution in [0.25, 0.3) is 11.5 Å². The van der Waals surface area contributed by atoms with Gasteiger partial charge in [-0.2, -0.15) is 0 Å². The number of hydrogen-bond acceptors (Lipinski definition) is 5. The molecule has 0 radical (unpaired) electrons. The van der Waals surface area contributed by atoms with Crippen molar-refractivity contribution < 1.29 is 13.9 Å². The Kier molecular flexibility index (Phi) is 7.20. The predicted molar refractivity (Wildman–Crippen MR) is 123 cm³/mol. The highest BCUT2D eigenvalue weighted by Crippen LogP contribution is 2.24. The second-order valence-electron chi connectivity index (χ2n) is 8.58. The Morgan fingerprint density at radius 1 is 1.03 bits per heavy atom. The number of amides is 1. The van der Waals surface area contributed by atoms with Crippen LogP contribution in [0.4, 0.5) is 0 Å². The van der Waals surface area contributed by atoms with E-state index in [1.54, 1.807) is 7.11 Å². The van der Waals surface area contributed by atoms with Gasteiger partial charge in [-0.3, -0.25) is 4.79 Å². The van der Waals surface area contributed by atoms with Crippen molar-refractivity contribution >= 4 is 5.91 Å². The number of nitrogens with zero attached hydrogens (tertiary/aromatic N) is 3. The van der Waals surface area contributed by atoms with E-state index >= 15 is 0 Å². The van der Waals surface area contributed by atoms with E-state index in [4.69, 9.17) is 9.15 Å². The fourth-order valence-electron chi connectivity index (χ4n) is 4.17. The van der Waals surface area contributed by atoms with Gasteiger partial charge in [0.2, 0.25) is 17.7 Å². The molecule has 1 fully saturated rings. The Bertz CT molecular complexity index is 1000. The van der Waals surface area contributed by atoms with Crippen LogP contribution in [0.5, 0.6) is 5.75 Å². The van der Waals surface area contributed by atoms with Gasteiger partial charge in [-0.25, -0.2) is 0 Å². The monoisotopic (exact) mass is 433 g/mol. The first kappa shape index (κ1) is 22.1. The molecule has 0 spiro atoms. The highest BCUT2D eigenvalue weighted by atomic mass is 16.5. The Balaban J connectivity index is 1.19. The van der Waals surface area contributed by atoms with Crippen LogP contribution in [0.15, 0.2) is 52.9 Å². The molecule has 32 heavy (non-hydrogen) atoms. The van der Waals surface area contributed by atoms with E-state index in [2.05, 4.69) is 22.3 Å². The number of hydrogen-bond donors (Lipinski definition) is 0. The summed E-state index contributed by atoms with van der Waals surface area (Å²) in [4.78, 5) is 14.6. The van der Waals surface area contributed by atoms with Crippen molar-refractivity contribution in [1.29, 1.82) is 0 Å². The van der Waals surface area contributed by atoms with Gasteiger partial charge in [0.1, 0.15) is 5.75 Å². The van der Waals surface area contributed by atoms with Gasteiger partial charge in [-0.15, -0.1) is 10.2 Å².